The summed E-state index contributed by atoms with van der Waals surface area (Å²) in [5, 5.41) is 3.22. The first-order valence-corrected chi connectivity index (χ1v) is 6.63. The zero-order chi connectivity index (χ0) is 15.0. The molecule has 21 heavy (non-hydrogen) atoms. The van der Waals surface area contributed by atoms with Crippen LogP contribution in [0.2, 0.25) is 5.02 Å². The maximum atomic E-state index is 13.2. The van der Waals surface area contributed by atoms with E-state index in [0.29, 0.717) is 12.2 Å². The molecule has 0 spiro atoms. The highest BCUT2D eigenvalue weighted by Crippen LogP contribution is 2.34. The summed E-state index contributed by atoms with van der Waals surface area (Å²) in [6, 6.07) is 3.13. The van der Waals surface area contributed by atoms with Gasteiger partial charge in [0, 0.05) is 18.3 Å². The summed E-state index contributed by atoms with van der Waals surface area (Å²) in [5.74, 6) is -0.102. The number of alkyl halides is 3. The van der Waals surface area contributed by atoms with Gasteiger partial charge in [0.05, 0.1) is 10.7 Å². The van der Waals surface area contributed by atoms with Crippen LogP contribution < -0.4 is 5.32 Å². The first kappa shape index (κ1) is 14.2. The summed E-state index contributed by atoms with van der Waals surface area (Å²) in [5.41, 5.74) is -0.249. The fourth-order valence-electron chi connectivity index (χ4n) is 2.25. The molecular formula is C13H10ClF3N4. The monoisotopic (exact) mass is 314 g/mol. The highest BCUT2D eigenvalue weighted by atomic mass is 35.5. The molecule has 110 valence electrons. The van der Waals surface area contributed by atoms with Gasteiger partial charge in [0.2, 0.25) is 0 Å². The minimum Gasteiger partial charge on any atom is -0.311 e. The van der Waals surface area contributed by atoms with E-state index >= 15 is 0 Å². The maximum Gasteiger partial charge on any atom is 0.433 e. The lowest BCUT2D eigenvalue weighted by atomic mass is 10.0. The van der Waals surface area contributed by atoms with Crippen molar-refractivity contribution in [3.8, 4) is 11.5 Å². The minimum absolute atomic E-state index is 0.102. The van der Waals surface area contributed by atoms with E-state index in [4.69, 9.17) is 11.6 Å². The van der Waals surface area contributed by atoms with Crippen LogP contribution in [0.5, 0.6) is 0 Å². The molecule has 1 N–H and O–H groups in total. The lowest BCUT2D eigenvalue weighted by Crippen LogP contribution is -2.29. The molecule has 0 amide bonds. The number of hydrogen-bond acceptors (Lipinski definition) is 4. The van der Waals surface area contributed by atoms with Crippen molar-refractivity contribution in [1.29, 1.82) is 0 Å². The van der Waals surface area contributed by atoms with Crippen LogP contribution in [-0.2, 0) is 19.1 Å². The number of halogens is 4. The first-order chi connectivity index (χ1) is 9.97. The molecule has 0 saturated heterocycles. The molecule has 0 atom stereocenters. The summed E-state index contributed by atoms with van der Waals surface area (Å²) in [4.78, 5) is 11.9. The molecule has 8 heteroatoms. The lowest BCUT2D eigenvalue weighted by Gasteiger charge is -2.21. The van der Waals surface area contributed by atoms with E-state index in [1.54, 1.807) is 6.07 Å². The van der Waals surface area contributed by atoms with Crippen molar-refractivity contribution in [3.05, 3.63) is 40.3 Å². The van der Waals surface area contributed by atoms with Crippen molar-refractivity contribution in [2.24, 2.45) is 0 Å². The quantitative estimate of drug-likeness (QED) is 0.879. The highest BCUT2D eigenvalue weighted by molar-refractivity contribution is 6.32. The van der Waals surface area contributed by atoms with E-state index in [2.05, 4.69) is 20.3 Å². The third-order valence-electron chi connectivity index (χ3n) is 3.18. The minimum atomic E-state index is -4.53. The fourth-order valence-corrected chi connectivity index (χ4v) is 2.46. The molecule has 0 aliphatic carbocycles. The van der Waals surface area contributed by atoms with Gasteiger partial charge in [-0.25, -0.2) is 9.97 Å². The van der Waals surface area contributed by atoms with E-state index in [1.807, 2.05) is 0 Å². The van der Waals surface area contributed by atoms with Gasteiger partial charge in [0.1, 0.15) is 5.69 Å². The van der Waals surface area contributed by atoms with Crippen LogP contribution >= 0.6 is 11.6 Å². The second kappa shape index (κ2) is 5.23. The van der Waals surface area contributed by atoms with Gasteiger partial charge in [0.25, 0.3) is 0 Å². The molecule has 4 nitrogen and oxygen atoms in total. The van der Waals surface area contributed by atoms with Crippen molar-refractivity contribution in [1.82, 2.24) is 20.3 Å². The second-order valence-corrected chi connectivity index (χ2v) is 4.99. The van der Waals surface area contributed by atoms with E-state index in [-0.39, 0.29) is 35.1 Å². The van der Waals surface area contributed by atoms with Crippen molar-refractivity contribution < 1.29 is 13.2 Å². The molecule has 3 rings (SSSR count). The predicted octanol–water partition coefficient (Wildman–Crippen LogP) is 2.86. The van der Waals surface area contributed by atoms with Gasteiger partial charge < -0.3 is 5.32 Å². The van der Waals surface area contributed by atoms with Gasteiger partial charge >= 0.3 is 6.18 Å². The Morgan fingerprint density at radius 1 is 1.24 bits per heavy atom. The Morgan fingerprint density at radius 3 is 2.76 bits per heavy atom. The summed E-state index contributed by atoms with van der Waals surface area (Å²) < 4.78 is 39.6. The van der Waals surface area contributed by atoms with Crippen molar-refractivity contribution in [3.63, 3.8) is 0 Å². The third kappa shape index (κ3) is 2.71. The summed E-state index contributed by atoms with van der Waals surface area (Å²) in [6.07, 6.45) is -2.84. The van der Waals surface area contributed by atoms with Gasteiger partial charge in [-0.1, -0.05) is 11.6 Å². The smallest absolute Gasteiger partial charge is 0.311 e. The molecule has 1 aliphatic rings. The van der Waals surface area contributed by atoms with Gasteiger partial charge in [-0.15, -0.1) is 0 Å². The molecule has 2 aromatic rings. The second-order valence-electron chi connectivity index (χ2n) is 4.58. The summed E-state index contributed by atoms with van der Waals surface area (Å²) in [7, 11) is 0. The van der Waals surface area contributed by atoms with Crippen molar-refractivity contribution >= 4 is 11.6 Å². The van der Waals surface area contributed by atoms with Gasteiger partial charge in [-0.05, 0) is 25.1 Å². The van der Waals surface area contributed by atoms with E-state index in [9.17, 15) is 13.2 Å². The Balaban J connectivity index is 2.22. The Labute approximate surface area is 123 Å². The van der Waals surface area contributed by atoms with Crippen LogP contribution in [0, 0.1) is 0 Å². The van der Waals surface area contributed by atoms with Crippen molar-refractivity contribution in [2.45, 2.75) is 19.1 Å². The molecule has 0 unspecified atom stereocenters. The number of fused-ring (bicyclic) bond motifs is 1. The van der Waals surface area contributed by atoms with Gasteiger partial charge in [-0.2, -0.15) is 13.2 Å². The summed E-state index contributed by atoms with van der Waals surface area (Å²) >= 11 is 5.97. The van der Waals surface area contributed by atoms with Crippen LogP contribution in [0.15, 0.2) is 18.3 Å². The van der Waals surface area contributed by atoms with E-state index in [0.717, 1.165) is 0 Å². The number of hydrogen-bond donors (Lipinski definition) is 1. The number of nitrogens with zero attached hydrogens (tertiary/aromatic N) is 3. The van der Waals surface area contributed by atoms with Crippen LogP contribution in [0.4, 0.5) is 13.2 Å². The Hall–Kier alpha value is -1.73. The molecule has 0 fully saturated rings. The molecule has 0 aromatic carbocycles. The zero-order valence-corrected chi connectivity index (χ0v) is 11.5. The number of rotatable bonds is 1. The van der Waals surface area contributed by atoms with Crippen LogP contribution in [0.1, 0.15) is 17.0 Å². The molecule has 1 aliphatic heterocycles. The van der Waals surface area contributed by atoms with Gasteiger partial charge in [0.15, 0.2) is 11.5 Å². The maximum absolute atomic E-state index is 13.2. The largest absolute Gasteiger partial charge is 0.433 e. The predicted molar refractivity (Wildman–Crippen MR) is 70.7 cm³/mol. The Kier molecular flexibility index (Phi) is 3.54. The number of pyridine rings is 1. The Morgan fingerprint density at radius 2 is 2.05 bits per heavy atom. The third-order valence-corrected chi connectivity index (χ3v) is 3.48. The molecule has 2 aromatic heterocycles. The molecule has 3 heterocycles. The van der Waals surface area contributed by atoms with Crippen LogP contribution in [0.25, 0.3) is 11.5 Å². The van der Waals surface area contributed by atoms with E-state index in [1.165, 1.54) is 12.3 Å². The van der Waals surface area contributed by atoms with Crippen LogP contribution in [0.3, 0.4) is 0 Å². The van der Waals surface area contributed by atoms with Crippen LogP contribution in [-0.4, -0.2) is 21.5 Å². The normalized spacial score (nSPS) is 14.9. The fraction of sp³-hybridized carbons (Fsp3) is 0.308. The average molecular weight is 315 g/mol. The molecule has 0 radical (unpaired) electrons. The standard InChI is InChI=1S/C13H10ClF3N4/c14-8-2-1-4-19-10(8)12-20-9-6-18-5-3-7(9)11(21-12)13(15,16)17/h1-2,4,18H,3,5-6H2. The van der Waals surface area contributed by atoms with E-state index < -0.39 is 11.9 Å². The van der Waals surface area contributed by atoms with Gasteiger partial charge in [-0.3, -0.25) is 4.98 Å². The average Bonchev–Trinajstić information content (AvgIpc) is 2.45. The zero-order valence-electron chi connectivity index (χ0n) is 10.7. The highest BCUT2D eigenvalue weighted by Gasteiger charge is 2.38. The number of nitrogens with one attached hydrogen (secondary N) is 1. The first-order valence-electron chi connectivity index (χ1n) is 6.25. The topological polar surface area (TPSA) is 50.7 Å². The lowest BCUT2D eigenvalue weighted by molar-refractivity contribution is -0.142. The Bertz CT molecular complexity index is 688. The molecular weight excluding hydrogens is 305 g/mol. The summed E-state index contributed by atoms with van der Waals surface area (Å²) in [6.45, 7) is 0.752. The molecule has 0 bridgehead atoms. The van der Waals surface area contributed by atoms with Crippen molar-refractivity contribution in [2.75, 3.05) is 6.54 Å². The molecule has 0 saturated carbocycles. The number of aromatic nitrogens is 3. The SMILES string of the molecule is FC(F)(F)c1nc(-c2ncccc2Cl)nc2c1CCNC2.